The molecule has 5 amide bonds. The van der Waals surface area contributed by atoms with E-state index in [0.29, 0.717) is 111 Å². The van der Waals surface area contributed by atoms with Crippen LogP contribution in [0.5, 0.6) is 0 Å². The van der Waals surface area contributed by atoms with Gasteiger partial charge in [-0.3, -0.25) is 45.6 Å². The van der Waals surface area contributed by atoms with E-state index in [4.69, 9.17) is 47.9 Å². The van der Waals surface area contributed by atoms with Crippen LogP contribution in [0.4, 0.5) is 0 Å². The van der Waals surface area contributed by atoms with Gasteiger partial charge in [0.1, 0.15) is 5.54 Å². The highest BCUT2D eigenvalue weighted by Gasteiger charge is 2.34. The molecule has 3 aliphatic heterocycles. The van der Waals surface area contributed by atoms with E-state index in [1.165, 1.54) is 0 Å². The van der Waals surface area contributed by atoms with Gasteiger partial charge in [-0.15, -0.1) is 0 Å². The van der Waals surface area contributed by atoms with Gasteiger partial charge in [-0.1, -0.05) is 33.6 Å². The lowest BCUT2D eigenvalue weighted by atomic mass is 10.0. The molecule has 3 heterocycles. The highest BCUT2D eigenvalue weighted by molar-refractivity contribution is 7.61. The SMILES string of the molecule is [CH2-]P(=O)(OCCCCCCNC(=O)CCCC(=O)NC(COCCC(=O)NCCCN=C(N(C)C)N1CCOCC1)(COCCC(=O)NCCCN=C(N(C)C)N1CCOCC1)COCCC(=O)NCCCN=C(N(C)C)N1CCOCC1)C(C)(C)C. The molecule has 0 aromatic carbocycles. The fourth-order valence-corrected chi connectivity index (χ4v) is 10.00. The third-order valence-electron chi connectivity index (χ3n) is 14.3. The summed E-state index contributed by atoms with van der Waals surface area (Å²) in [7, 11) is 8.80. The summed E-state index contributed by atoms with van der Waals surface area (Å²) in [6.45, 7) is 21.2. The average Bonchev–Trinajstić information content (AvgIpc) is 3.65. The van der Waals surface area contributed by atoms with E-state index in [1.54, 1.807) is 0 Å². The van der Waals surface area contributed by atoms with Crippen molar-refractivity contribution in [1.82, 2.24) is 56.0 Å². The van der Waals surface area contributed by atoms with Gasteiger partial charge < -0.3 is 93.5 Å². The molecule has 0 aromatic rings. The molecule has 502 valence electrons. The molecule has 0 aromatic heterocycles. The predicted molar refractivity (Wildman–Crippen MR) is 339 cm³/mol. The summed E-state index contributed by atoms with van der Waals surface area (Å²) in [4.78, 5) is 92.8. The van der Waals surface area contributed by atoms with Crippen molar-refractivity contribution in [3.8, 4) is 0 Å². The molecule has 0 spiro atoms. The van der Waals surface area contributed by atoms with Crippen LogP contribution in [-0.4, -0.2) is 301 Å². The number of morpholine rings is 3. The zero-order valence-electron chi connectivity index (χ0n) is 54.6. The number of ether oxygens (including phenoxy) is 6. The van der Waals surface area contributed by atoms with Crippen LogP contribution in [0.3, 0.4) is 0 Å². The van der Waals surface area contributed by atoms with Gasteiger partial charge in [-0.05, 0) is 38.5 Å². The molecule has 0 bridgehead atoms. The molecule has 3 fully saturated rings. The Bertz CT molecular complexity index is 1950. The lowest BCUT2D eigenvalue weighted by Crippen LogP contribution is -2.58. The second-order valence-corrected chi connectivity index (χ2v) is 26.6. The van der Waals surface area contributed by atoms with Gasteiger partial charge in [0.05, 0.1) is 93.3 Å². The van der Waals surface area contributed by atoms with Gasteiger partial charge in [0, 0.05) is 165 Å². The van der Waals surface area contributed by atoms with Crippen molar-refractivity contribution in [2.75, 3.05) is 213 Å². The standard InChI is InChI=1S/C59H112N14O13P/c1-58(2,3)87(10,79)86-37-14-12-11-13-24-60-50(74)19-15-20-54(78)67-59(47-83-38-21-51(75)61-25-16-28-64-55(68(4)5)71-31-41-80-42-32-71,48-84-39-22-52(76)62-26-17-29-65-56(69(6)7)72-33-43-81-44-34-72)49-85-40-23-53(77)63-27-18-30-66-57(70(8)9)73-35-45-82-46-36-73/h10-49H2,1-9H3,(H,60,74)(H,61,75)(H,62,76)(H,63,77)(H,67,78)/q-1. The lowest BCUT2D eigenvalue weighted by molar-refractivity contribution is -0.131. The minimum Gasteiger partial charge on any atom is -0.378 e. The van der Waals surface area contributed by atoms with Crippen LogP contribution in [0.2, 0.25) is 0 Å². The Balaban J connectivity index is 1.63. The van der Waals surface area contributed by atoms with Gasteiger partial charge >= 0.3 is 0 Å². The Morgan fingerprint density at radius 2 is 0.782 bits per heavy atom. The van der Waals surface area contributed by atoms with E-state index < -0.39 is 18.1 Å². The Kier molecular flexibility index (Phi) is 38.4. The molecule has 0 aliphatic carbocycles. The molecule has 27 nitrogen and oxygen atoms in total. The zero-order valence-corrected chi connectivity index (χ0v) is 55.5. The zero-order chi connectivity index (χ0) is 63.8. The van der Waals surface area contributed by atoms with Crippen molar-refractivity contribution in [2.24, 2.45) is 15.0 Å². The number of amides is 5. The van der Waals surface area contributed by atoms with Crippen LogP contribution in [0.1, 0.15) is 104 Å². The fourth-order valence-electron chi connectivity index (χ4n) is 9.19. The van der Waals surface area contributed by atoms with Crippen LogP contribution in [-0.2, 0) is 61.5 Å². The second kappa shape index (κ2) is 43.7. The lowest BCUT2D eigenvalue weighted by Gasteiger charge is -2.34. The molecule has 3 saturated heterocycles. The molecule has 0 radical (unpaired) electrons. The number of carbonyl (C=O) groups is 5. The monoisotopic (exact) mass is 1260 g/mol. The maximum atomic E-state index is 13.9. The van der Waals surface area contributed by atoms with E-state index in [0.717, 1.165) is 82.8 Å². The van der Waals surface area contributed by atoms with Crippen molar-refractivity contribution in [3.63, 3.8) is 0 Å². The summed E-state index contributed by atoms with van der Waals surface area (Å²) >= 11 is 0. The summed E-state index contributed by atoms with van der Waals surface area (Å²) in [6.07, 6.45) is 5.60. The van der Waals surface area contributed by atoms with Gasteiger partial charge in [-0.2, -0.15) is 0 Å². The number of hydrogen-bond acceptors (Lipinski definition) is 16. The first-order chi connectivity index (χ1) is 41.6. The number of nitrogens with one attached hydrogen (secondary N) is 5. The summed E-state index contributed by atoms with van der Waals surface area (Å²) in [6, 6.07) is 0. The number of guanidine groups is 3. The van der Waals surface area contributed by atoms with Gasteiger partial charge in [0.25, 0.3) is 0 Å². The molecular weight excluding hydrogens is 1140 g/mol. The maximum absolute atomic E-state index is 13.9. The van der Waals surface area contributed by atoms with Crippen molar-refractivity contribution in [3.05, 3.63) is 6.66 Å². The van der Waals surface area contributed by atoms with Crippen LogP contribution in [0.25, 0.3) is 0 Å². The van der Waals surface area contributed by atoms with Gasteiger partial charge in [0.2, 0.25) is 29.5 Å². The molecular formula is C59H112N14O13P-. The van der Waals surface area contributed by atoms with E-state index in [-0.39, 0.29) is 108 Å². The summed E-state index contributed by atoms with van der Waals surface area (Å²) in [5.74, 6) is 1.44. The van der Waals surface area contributed by atoms with E-state index in [1.807, 2.05) is 77.8 Å². The summed E-state index contributed by atoms with van der Waals surface area (Å²) in [5, 5.41) is 14.3. The van der Waals surface area contributed by atoms with Gasteiger partial charge in [-0.25, -0.2) is 0 Å². The largest absolute Gasteiger partial charge is 0.378 e. The Morgan fingerprint density at radius 1 is 0.460 bits per heavy atom. The van der Waals surface area contributed by atoms with E-state index in [2.05, 4.69) is 47.9 Å². The second-order valence-electron chi connectivity index (χ2n) is 23.7. The third kappa shape index (κ3) is 33.5. The Morgan fingerprint density at radius 3 is 1.13 bits per heavy atom. The van der Waals surface area contributed by atoms with Crippen molar-refractivity contribution >= 4 is 54.8 Å². The smallest absolute Gasteiger partial charge is 0.222 e. The number of aliphatic imine (C=N–C) groups is 3. The fraction of sp³-hybridized carbons (Fsp3) is 0.847. The number of carbonyl (C=O) groups excluding carboxylic acids is 5. The molecule has 1 atom stereocenters. The summed E-state index contributed by atoms with van der Waals surface area (Å²) in [5.41, 5.74) is -1.32. The van der Waals surface area contributed by atoms with Crippen molar-refractivity contribution < 1.29 is 61.5 Å². The van der Waals surface area contributed by atoms with Crippen molar-refractivity contribution in [1.29, 1.82) is 0 Å². The van der Waals surface area contributed by atoms with Crippen LogP contribution >= 0.6 is 7.37 Å². The topological polar surface area (TPSA) is 284 Å². The van der Waals surface area contributed by atoms with Crippen LogP contribution in [0, 0.1) is 6.66 Å². The van der Waals surface area contributed by atoms with Crippen LogP contribution in [0.15, 0.2) is 15.0 Å². The number of unbranched alkanes of at least 4 members (excludes halogenated alkanes) is 3. The molecule has 3 rings (SSSR count). The third-order valence-corrected chi connectivity index (χ3v) is 16.9. The molecule has 1 unspecified atom stereocenters. The summed E-state index contributed by atoms with van der Waals surface area (Å²) < 4.78 is 53.3. The quantitative estimate of drug-likeness (QED) is 0.0193. The highest BCUT2D eigenvalue weighted by atomic mass is 31.2. The van der Waals surface area contributed by atoms with E-state index in [9.17, 15) is 28.5 Å². The maximum Gasteiger partial charge on any atom is 0.222 e. The predicted octanol–water partition coefficient (Wildman–Crippen LogP) is 2.06. The Hall–Kier alpha value is -4.89. The minimum absolute atomic E-state index is 0.00131. The Labute approximate surface area is 520 Å². The van der Waals surface area contributed by atoms with E-state index >= 15 is 0 Å². The number of rotatable bonds is 40. The highest BCUT2D eigenvalue weighted by Crippen LogP contribution is 2.57. The molecule has 0 saturated carbocycles. The first-order valence-electron chi connectivity index (χ1n) is 31.5. The first kappa shape index (κ1) is 76.4. The van der Waals surface area contributed by atoms with Gasteiger partial charge in [0.15, 0.2) is 17.9 Å². The van der Waals surface area contributed by atoms with Crippen LogP contribution < -0.4 is 26.6 Å². The molecule has 87 heavy (non-hydrogen) atoms. The molecule has 3 aliphatic rings. The normalized spacial score (nSPS) is 16.8. The molecule has 28 heteroatoms. The van der Waals surface area contributed by atoms with Crippen molar-refractivity contribution in [2.45, 2.75) is 115 Å². The first-order valence-corrected chi connectivity index (χ1v) is 33.3. The number of nitrogens with zero attached hydrogens (tertiary/aromatic N) is 9. The minimum atomic E-state index is -2.96. The average molecular weight is 1260 g/mol. The number of hydrogen-bond donors (Lipinski definition) is 5. The molecule has 5 N–H and O–H groups in total.